The second-order valence-corrected chi connectivity index (χ2v) is 5.27. The molecular formula is C15H10Cl2F3NO. The molecule has 0 fully saturated rings. The molecule has 7 heteroatoms. The van der Waals surface area contributed by atoms with Crippen molar-refractivity contribution in [2.45, 2.75) is 12.8 Å². The monoisotopic (exact) mass is 347 g/mol. The van der Waals surface area contributed by atoms with Crippen LogP contribution in [0.15, 0.2) is 30.3 Å². The van der Waals surface area contributed by atoms with Gasteiger partial charge < -0.3 is 5.32 Å². The first-order chi connectivity index (χ1) is 10.4. The van der Waals surface area contributed by atoms with Gasteiger partial charge in [-0.05, 0) is 30.2 Å². The number of amides is 1. The lowest BCUT2D eigenvalue weighted by atomic mass is 10.1. The van der Waals surface area contributed by atoms with Gasteiger partial charge in [0, 0.05) is 6.42 Å². The van der Waals surface area contributed by atoms with Crippen LogP contribution in [0.4, 0.5) is 18.9 Å². The standard InChI is InChI=1S/C15H10Cl2F3NO/c16-9-3-1-2-8(13(9)17)4-7-12(22)21-11-6-5-10(18)14(19)15(11)20/h1-3,5-6H,4,7H2,(H,21,22). The summed E-state index contributed by atoms with van der Waals surface area (Å²) >= 11 is 11.8. The second kappa shape index (κ2) is 7.03. The Morgan fingerprint density at radius 3 is 2.50 bits per heavy atom. The van der Waals surface area contributed by atoms with E-state index >= 15 is 0 Å². The Bertz CT molecular complexity index is 722. The summed E-state index contributed by atoms with van der Waals surface area (Å²) in [6, 6.07) is 6.71. The van der Waals surface area contributed by atoms with Crippen LogP contribution < -0.4 is 5.32 Å². The number of rotatable bonds is 4. The summed E-state index contributed by atoms with van der Waals surface area (Å²) in [7, 11) is 0. The van der Waals surface area contributed by atoms with E-state index in [0.29, 0.717) is 15.6 Å². The average molecular weight is 348 g/mol. The molecule has 0 heterocycles. The Kier molecular flexibility index (Phi) is 5.32. The lowest BCUT2D eigenvalue weighted by Crippen LogP contribution is -2.14. The van der Waals surface area contributed by atoms with Crippen LogP contribution in [-0.2, 0) is 11.2 Å². The zero-order chi connectivity index (χ0) is 16.3. The Balaban J connectivity index is 2.02. The lowest BCUT2D eigenvalue weighted by molar-refractivity contribution is -0.116. The fourth-order valence-electron chi connectivity index (χ4n) is 1.82. The van der Waals surface area contributed by atoms with Crippen LogP contribution >= 0.6 is 23.2 Å². The van der Waals surface area contributed by atoms with Crippen LogP contribution in [0.5, 0.6) is 0 Å². The molecule has 1 amide bonds. The van der Waals surface area contributed by atoms with Crippen molar-refractivity contribution in [2.24, 2.45) is 0 Å². The largest absolute Gasteiger partial charge is 0.323 e. The third kappa shape index (κ3) is 3.72. The molecule has 0 spiro atoms. The first-order valence-corrected chi connectivity index (χ1v) is 7.02. The first kappa shape index (κ1) is 16.6. The first-order valence-electron chi connectivity index (χ1n) is 6.26. The summed E-state index contributed by atoms with van der Waals surface area (Å²) in [6.07, 6.45) is 0.259. The molecule has 0 radical (unpaired) electrons. The molecule has 0 aliphatic carbocycles. The highest BCUT2D eigenvalue weighted by atomic mass is 35.5. The number of benzene rings is 2. The number of carbonyl (C=O) groups is 1. The Morgan fingerprint density at radius 2 is 1.77 bits per heavy atom. The Morgan fingerprint density at radius 1 is 1.05 bits per heavy atom. The maximum Gasteiger partial charge on any atom is 0.224 e. The van der Waals surface area contributed by atoms with Gasteiger partial charge in [-0.1, -0.05) is 35.3 Å². The molecule has 116 valence electrons. The Hall–Kier alpha value is -1.72. The van der Waals surface area contributed by atoms with Crippen molar-refractivity contribution >= 4 is 34.8 Å². The molecule has 0 aliphatic rings. The molecule has 0 atom stereocenters. The molecule has 0 saturated carbocycles. The smallest absolute Gasteiger partial charge is 0.224 e. The number of aryl methyl sites for hydroxylation is 1. The second-order valence-electron chi connectivity index (χ2n) is 4.48. The van der Waals surface area contributed by atoms with Crippen molar-refractivity contribution in [2.75, 3.05) is 5.32 Å². The van der Waals surface area contributed by atoms with Gasteiger partial charge in [-0.15, -0.1) is 0 Å². The number of nitrogens with one attached hydrogen (secondary N) is 1. The van der Waals surface area contributed by atoms with Gasteiger partial charge in [0.2, 0.25) is 5.91 Å². The van der Waals surface area contributed by atoms with Crippen molar-refractivity contribution in [3.63, 3.8) is 0 Å². The van der Waals surface area contributed by atoms with Gasteiger partial charge in [0.05, 0.1) is 15.7 Å². The van der Waals surface area contributed by atoms with Crippen molar-refractivity contribution < 1.29 is 18.0 Å². The van der Waals surface area contributed by atoms with Crippen molar-refractivity contribution in [1.82, 2.24) is 0 Å². The predicted octanol–water partition coefficient (Wildman–Crippen LogP) is 4.98. The SMILES string of the molecule is O=C(CCc1cccc(Cl)c1Cl)Nc1ccc(F)c(F)c1F. The maximum atomic E-state index is 13.4. The number of halogens is 5. The van der Waals surface area contributed by atoms with E-state index in [1.165, 1.54) is 0 Å². The molecule has 0 saturated heterocycles. The van der Waals surface area contributed by atoms with Crippen molar-refractivity contribution in [3.05, 3.63) is 63.4 Å². The molecule has 0 bridgehead atoms. The van der Waals surface area contributed by atoms with E-state index in [1.54, 1.807) is 18.2 Å². The summed E-state index contributed by atoms with van der Waals surface area (Å²) in [6.45, 7) is 0. The van der Waals surface area contributed by atoms with Gasteiger partial charge in [-0.3, -0.25) is 4.79 Å². The minimum Gasteiger partial charge on any atom is -0.323 e. The number of anilines is 1. The number of hydrogen-bond acceptors (Lipinski definition) is 1. The van der Waals surface area contributed by atoms with Gasteiger partial charge in [0.1, 0.15) is 0 Å². The molecule has 2 nitrogen and oxygen atoms in total. The minimum absolute atomic E-state index is 0.0154. The van der Waals surface area contributed by atoms with Crippen LogP contribution in [0.1, 0.15) is 12.0 Å². The predicted molar refractivity (Wildman–Crippen MR) is 79.7 cm³/mol. The van der Waals surface area contributed by atoms with Crippen LogP contribution in [0.2, 0.25) is 10.0 Å². The van der Waals surface area contributed by atoms with Gasteiger partial charge in [-0.2, -0.15) is 0 Å². The van der Waals surface area contributed by atoms with E-state index in [1.807, 2.05) is 0 Å². The molecule has 0 aliphatic heterocycles. The molecule has 2 aromatic rings. The highest BCUT2D eigenvalue weighted by Gasteiger charge is 2.15. The highest BCUT2D eigenvalue weighted by molar-refractivity contribution is 6.42. The fraction of sp³-hybridized carbons (Fsp3) is 0.133. The third-order valence-corrected chi connectivity index (χ3v) is 3.82. The molecule has 0 unspecified atom stereocenters. The topological polar surface area (TPSA) is 29.1 Å². The summed E-state index contributed by atoms with van der Waals surface area (Å²) in [5, 5.41) is 2.90. The summed E-state index contributed by atoms with van der Waals surface area (Å²) in [5.74, 6) is -4.94. The lowest BCUT2D eigenvalue weighted by Gasteiger charge is -2.08. The highest BCUT2D eigenvalue weighted by Crippen LogP contribution is 2.26. The van der Waals surface area contributed by atoms with E-state index in [2.05, 4.69) is 5.32 Å². The molecule has 0 aromatic heterocycles. The van der Waals surface area contributed by atoms with E-state index in [4.69, 9.17) is 23.2 Å². The zero-order valence-electron chi connectivity index (χ0n) is 11.1. The quantitative estimate of drug-likeness (QED) is 0.776. The van der Waals surface area contributed by atoms with Gasteiger partial charge in [0.15, 0.2) is 17.5 Å². The van der Waals surface area contributed by atoms with Crippen LogP contribution in [0, 0.1) is 17.5 Å². The maximum absolute atomic E-state index is 13.4. The summed E-state index contributed by atoms with van der Waals surface area (Å²) in [5.41, 5.74) is 0.246. The van der Waals surface area contributed by atoms with E-state index in [-0.39, 0.29) is 12.8 Å². The molecule has 2 rings (SSSR count). The van der Waals surface area contributed by atoms with Crippen LogP contribution in [0.25, 0.3) is 0 Å². The Labute approximate surface area is 134 Å². The molecule has 2 aromatic carbocycles. The van der Waals surface area contributed by atoms with Crippen molar-refractivity contribution in [3.8, 4) is 0 Å². The third-order valence-electron chi connectivity index (χ3n) is 2.96. The number of hydrogen-bond donors (Lipinski definition) is 1. The normalized spacial score (nSPS) is 10.6. The van der Waals surface area contributed by atoms with Crippen molar-refractivity contribution in [1.29, 1.82) is 0 Å². The van der Waals surface area contributed by atoms with Crippen LogP contribution in [-0.4, -0.2) is 5.91 Å². The van der Waals surface area contributed by atoms with E-state index in [0.717, 1.165) is 12.1 Å². The van der Waals surface area contributed by atoms with E-state index in [9.17, 15) is 18.0 Å². The van der Waals surface area contributed by atoms with Crippen LogP contribution in [0.3, 0.4) is 0 Å². The molecule has 22 heavy (non-hydrogen) atoms. The van der Waals surface area contributed by atoms with Gasteiger partial charge in [0.25, 0.3) is 0 Å². The minimum atomic E-state index is -1.63. The summed E-state index contributed by atoms with van der Waals surface area (Å²) < 4.78 is 39.3. The van der Waals surface area contributed by atoms with E-state index < -0.39 is 29.0 Å². The zero-order valence-corrected chi connectivity index (χ0v) is 12.6. The van der Waals surface area contributed by atoms with Gasteiger partial charge in [-0.25, -0.2) is 13.2 Å². The fourth-order valence-corrected chi connectivity index (χ4v) is 2.24. The summed E-state index contributed by atoms with van der Waals surface area (Å²) in [4.78, 5) is 11.8. The number of carbonyl (C=O) groups excluding carboxylic acids is 1. The van der Waals surface area contributed by atoms with Gasteiger partial charge >= 0.3 is 0 Å². The molecular weight excluding hydrogens is 338 g/mol. The molecule has 1 N–H and O–H groups in total. The average Bonchev–Trinajstić information content (AvgIpc) is 2.49.